The Balaban J connectivity index is 1.21. The largest absolute Gasteiger partial charge is 0.387 e. The van der Waals surface area contributed by atoms with Crippen LogP contribution in [0.4, 0.5) is 0 Å². The lowest BCUT2D eigenvalue weighted by atomic mass is 9.85. The monoisotopic (exact) mass is 565 g/mol. The van der Waals surface area contributed by atoms with E-state index in [0.717, 1.165) is 56.9 Å². The van der Waals surface area contributed by atoms with E-state index in [1.54, 1.807) is 0 Å². The Morgan fingerprint density at radius 1 is 0.842 bits per heavy atom. The van der Waals surface area contributed by atoms with Gasteiger partial charge in [0.1, 0.15) is 42.7 Å². The lowest BCUT2D eigenvalue weighted by Gasteiger charge is -2.42. The average molecular weight is 566 g/mol. The standard InChI is InChI=1S/C28H40NO7PS/c1-18-21(19-12-6-3-7-13-19)35-37(38,29(18)2)36-26-24-22(31-27(33-24)14-8-4-9-15-27)20(30)23-25(26)34-28(32-23)16-10-5-11-17-28/h3,6-7,12-13,18,20-26,30H,4-5,8-11,14-17H2,1-2H3/t18-,20?,21-,22-,23+,24+,25+,26?,37+/m1/s1. The van der Waals surface area contributed by atoms with Crippen LogP contribution in [0.1, 0.15) is 82.8 Å². The second-order valence-electron chi connectivity index (χ2n) is 12.1. The Hall–Kier alpha value is -0.450. The summed E-state index contributed by atoms with van der Waals surface area (Å²) in [7, 11) is 1.99. The molecule has 0 bridgehead atoms. The van der Waals surface area contributed by atoms with Gasteiger partial charge in [0, 0.05) is 31.7 Å². The van der Waals surface area contributed by atoms with Crippen molar-refractivity contribution < 1.29 is 33.1 Å². The molecule has 3 heterocycles. The van der Waals surface area contributed by atoms with Crippen molar-refractivity contribution in [2.75, 3.05) is 7.05 Å². The molecule has 38 heavy (non-hydrogen) atoms. The second kappa shape index (κ2) is 9.83. The summed E-state index contributed by atoms with van der Waals surface area (Å²) in [6.07, 6.45) is 6.06. The van der Waals surface area contributed by atoms with E-state index in [2.05, 4.69) is 23.7 Å². The van der Waals surface area contributed by atoms with E-state index in [1.807, 2.05) is 25.2 Å². The molecule has 210 valence electrons. The van der Waals surface area contributed by atoms with Gasteiger partial charge in [0.15, 0.2) is 11.6 Å². The van der Waals surface area contributed by atoms with Gasteiger partial charge in [0.2, 0.25) is 0 Å². The molecule has 0 amide bonds. The fourth-order valence-electron chi connectivity index (χ4n) is 7.46. The average Bonchev–Trinajstić information content (AvgIpc) is 3.56. The summed E-state index contributed by atoms with van der Waals surface area (Å²) in [5.41, 5.74) is 1.08. The summed E-state index contributed by atoms with van der Waals surface area (Å²) in [6, 6.07) is 10.2. The van der Waals surface area contributed by atoms with E-state index in [-0.39, 0.29) is 12.1 Å². The van der Waals surface area contributed by atoms with Crippen LogP contribution in [0.15, 0.2) is 30.3 Å². The number of benzene rings is 1. The SMILES string of the molecule is C[C@@H]1[C@H](c2ccccc2)O[P@](=S)(OC2[C@H]3OC4(CCCCC4)O[C@@H]3C(O)[C@@H]3OC4(CCCCC4)O[C@H]23)N1C. The van der Waals surface area contributed by atoms with E-state index in [0.29, 0.717) is 0 Å². The molecule has 1 aromatic carbocycles. The highest BCUT2D eigenvalue weighted by Crippen LogP contribution is 2.65. The van der Waals surface area contributed by atoms with E-state index >= 15 is 0 Å². The van der Waals surface area contributed by atoms with E-state index in [1.165, 1.54) is 12.8 Å². The number of nitrogens with zero attached hydrogens (tertiary/aromatic N) is 1. The van der Waals surface area contributed by atoms with Crippen LogP contribution < -0.4 is 0 Å². The number of likely N-dealkylation sites (N-methyl/N-ethyl adjacent to an activating group) is 1. The smallest absolute Gasteiger partial charge is 0.265 e. The number of rotatable bonds is 3. The molecule has 3 aliphatic carbocycles. The molecular weight excluding hydrogens is 525 g/mol. The third-order valence-corrected chi connectivity index (χ3v) is 13.1. The molecule has 0 aromatic heterocycles. The maximum Gasteiger partial charge on any atom is 0.265 e. The summed E-state index contributed by atoms with van der Waals surface area (Å²) in [5, 5.41) is 11.6. The molecule has 2 spiro atoms. The molecule has 10 heteroatoms. The summed E-state index contributed by atoms with van der Waals surface area (Å²) in [5.74, 6) is -1.38. The Bertz CT molecular complexity index is 1020. The third kappa shape index (κ3) is 4.28. The van der Waals surface area contributed by atoms with Gasteiger partial charge in [0.25, 0.3) is 6.64 Å². The fraction of sp³-hybridized carbons (Fsp3) is 0.786. The number of fused-ring (bicyclic) bond motifs is 2. The Labute approximate surface area is 230 Å². The molecule has 1 aromatic rings. The molecule has 9 atom stereocenters. The minimum atomic E-state index is -2.92. The first kappa shape index (κ1) is 26.4. The zero-order valence-corrected chi connectivity index (χ0v) is 24.0. The van der Waals surface area contributed by atoms with E-state index in [4.69, 9.17) is 39.8 Å². The van der Waals surface area contributed by atoms with Crippen LogP contribution in [0.5, 0.6) is 0 Å². The quantitative estimate of drug-likeness (QED) is 0.512. The Morgan fingerprint density at radius 3 is 1.87 bits per heavy atom. The predicted octanol–water partition coefficient (Wildman–Crippen LogP) is 4.95. The molecule has 3 saturated carbocycles. The molecular formula is C28H40NO7PS. The number of aliphatic hydroxyl groups excluding tert-OH is 1. The highest BCUT2D eigenvalue weighted by atomic mass is 32.5. The molecule has 3 saturated heterocycles. The van der Waals surface area contributed by atoms with Gasteiger partial charge in [-0.3, -0.25) is 0 Å². The zero-order chi connectivity index (χ0) is 26.1. The zero-order valence-electron chi connectivity index (χ0n) is 22.3. The Morgan fingerprint density at radius 2 is 1.34 bits per heavy atom. The van der Waals surface area contributed by atoms with E-state index < -0.39 is 54.8 Å². The normalized spacial score (nSPS) is 45.9. The van der Waals surface area contributed by atoms with Gasteiger partial charge in [-0.1, -0.05) is 43.2 Å². The van der Waals surface area contributed by atoms with Gasteiger partial charge in [-0.2, -0.15) is 0 Å². The molecule has 1 N–H and O–H groups in total. The Kier molecular flexibility index (Phi) is 6.84. The molecule has 7 rings (SSSR count). The summed E-state index contributed by atoms with van der Waals surface area (Å²) in [6.45, 7) is -0.786. The number of ether oxygens (including phenoxy) is 4. The maximum absolute atomic E-state index is 11.6. The van der Waals surface area contributed by atoms with Crippen LogP contribution in [-0.4, -0.2) is 71.1 Å². The van der Waals surface area contributed by atoms with E-state index in [9.17, 15) is 5.11 Å². The third-order valence-electron chi connectivity index (χ3n) is 9.65. The minimum absolute atomic E-state index is 0.0416. The van der Waals surface area contributed by atoms with Crippen molar-refractivity contribution in [3.8, 4) is 0 Å². The van der Waals surface area contributed by atoms with Crippen LogP contribution in [-0.2, 0) is 39.8 Å². The molecule has 8 nitrogen and oxygen atoms in total. The van der Waals surface area contributed by atoms with Crippen molar-refractivity contribution in [3.63, 3.8) is 0 Å². The van der Waals surface area contributed by atoms with Crippen LogP contribution in [0.25, 0.3) is 0 Å². The lowest BCUT2D eigenvalue weighted by Crippen LogP contribution is -2.62. The summed E-state index contributed by atoms with van der Waals surface area (Å²) in [4.78, 5) is 0. The van der Waals surface area contributed by atoms with Crippen molar-refractivity contribution >= 4 is 18.4 Å². The van der Waals surface area contributed by atoms with Gasteiger partial charge >= 0.3 is 0 Å². The molecule has 6 fully saturated rings. The predicted molar refractivity (Wildman–Crippen MR) is 144 cm³/mol. The molecule has 2 unspecified atom stereocenters. The first-order valence-electron chi connectivity index (χ1n) is 14.5. The van der Waals surface area contributed by atoms with Gasteiger partial charge in [0.05, 0.1) is 0 Å². The second-order valence-corrected chi connectivity index (χ2v) is 15.4. The van der Waals surface area contributed by atoms with Crippen molar-refractivity contribution in [3.05, 3.63) is 35.9 Å². The summed E-state index contributed by atoms with van der Waals surface area (Å²) >= 11 is 6.21. The topological polar surface area (TPSA) is 78.9 Å². The number of hydrogen-bond donors (Lipinski definition) is 1. The molecule has 6 aliphatic rings. The highest BCUT2D eigenvalue weighted by molar-refractivity contribution is 8.08. The van der Waals surface area contributed by atoms with Crippen molar-refractivity contribution in [1.82, 2.24) is 4.67 Å². The van der Waals surface area contributed by atoms with Gasteiger partial charge in [-0.05, 0) is 57.0 Å². The van der Waals surface area contributed by atoms with Crippen molar-refractivity contribution in [2.45, 2.75) is 131 Å². The first-order valence-corrected chi connectivity index (χ1v) is 17.1. The van der Waals surface area contributed by atoms with Gasteiger partial charge in [-0.15, -0.1) is 0 Å². The van der Waals surface area contributed by atoms with Crippen LogP contribution in [0, 0.1) is 0 Å². The molecule has 0 radical (unpaired) electrons. The highest BCUT2D eigenvalue weighted by Gasteiger charge is 2.67. The van der Waals surface area contributed by atoms with Gasteiger partial charge < -0.3 is 33.1 Å². The van der Waals surface area contributed by atoms with Crippen LogP contribution in [0.2, 0.25) is 0 Å². The molecule has 3 aliphatic heterocycles. The van der Waals surface area contributed by atoms with Crippen LogP contribution in [0.3, 0.4) is 0 Å². The fourth-order valence-corrected chi connectivity index (χ4v) is 10.5. The van der Waals surface area contributed by atoms with Crippen molar-refractivity contribution in [1.29, 1.82) is 0 Å². The number of aliphatic hydroxyl groups is 1. The summed E-state index contributed by atoms with van der Waals surface area (Å²) < 4.78 is 42.3. The first-order chi connectivity index (χ1) is 18.3. The lowest BCUT2D eigenvalue weighted by molar-refractivity contribution is -0.223. The minimum Gasteiger partial charge on any atom is -0.387 e. The van der Waals surface area contributed by atoms with Crippen molar-refractivity contribution in [2.24, 2.45) is 0 Å². The maximum atomic E-state index is 11.6. The van der Waals surface area contributed by atoms with Crippen LogP contribution >= 0.6 is 6.64 Å². The number of hydrogen-bond acceptors (Lipinski definition) is 8. The van der Waals surface area contributed by atoms with Gasteiger partial charge in [-0.25, -0.2) is 4.67 Å².